The molecule has 1 aliphatic rings. The van der Waals surface area contributed by atoms with Gasteiger partial charge in [0.2, 0.25) is 5.91 Å². The van der Waals surface area contributed by atoms with Gasteiger partial charge in [0.05, 0.1) is 18.3 Å². The smallest absolute Gasteiger partial charge is 0.228 e. The fourth-order valence-electron chi connectivity index (χ4n) is 2.68. The minimum absolute atomic E-state index is 0.0739. The van der Waals surface area contributed by atoms with Crippen LogP contribution in [0.15, 0.2) is 41.8 Å². The van der Waals surface area contributed by atoms with Gasteiger partial charge in [-0.05, 0) is 24.8 Å². The second-order valence-electron chi connectivity index (χ2n) is 5.65. The van der Waals surface area contributed by atoms with E-state index in [0.717, 1.165) is 6.54 Å². The van der Waals surface area contributed by atoms with Gasteiger partial charge in [-0.15, -0.1) is 6.42 Å². The molecule has 5 nitrogen and oxygen atoms in total. The summed E-state index contributed by atoms with van der Waals surface area (Å²) in [5.74, 6) is 2.40. The maximum absolute atomic E-state index is 12.8. The van der Waals surface area contributed by atoms with Crippen molar-refractivity contribution in [1.29, 1.82) is 0 Å². The van der Waals surface area contributed by atoms with Crippen molar-refractivity contribution in [2.45, 2.75) is 19.4 Å². The molecule has 1 atom stereocenters. The molecule has 0 spiro atoms. The van der Waals surface area contributed by atoms with Gasteiger partial charge in [0.25, 0.3) is 0 Å². The summed E-state index contributed by atoms with van der Waals surface area (Å²) in [5.41, 5.74) is 0.703. The zero-order valence-corrected chi connectivity index (χ0v) is 14.6. The van der Waals surface area contributed by atoms with Gasteiger partial charge in [0, 0.05) is 24.1 Å². The quantitative estimate of drug-likeness (QED) is 0.705. The Morgan fingerprint density at radius 3 is 2.58 bits per heavy atom. The third-order valence-electron chi connectivity index (χ3n) is 3.95. The Morgan fingerprint density at radius 1 is 1.33 bits per heavy atom. The topological polar surface area (TPSA) is 57.7 Å². The van der Waals surface area contributed by atoms with Crippen molar-refractivity contribution in [3.8, 4) is 12.3 Å². The fourth-order valence-corrected chi connectivity index (χ4v) is 3.95. The minimum Gasteiger partial charge on any atom is -0.304 e. The van der Waals surface area contributed by atoms with Crippen molar-refractivity contribution in [2.75, 3.05) is 30.3 Å². The molecule has 0 N–H and O–H groups in total. The Hall–Kier alpha value is -2.10. The molecule has 0 aromatic heterocycles. The minimum atomic E-state index is -3.24. The van der Waals surface area contributed by atoms with E-state index < -0.39 is 15.9 Å². The van der Waals surface area contributed by atoms with Crippen LogP contribution in [0.5, 0.6) is 0 Å². The predicted molar refractivity (Wildman–Crippen MR) is 96.2 cm³/mol. The highest BCUT2D eigenvalue weighted by molar-refractivity contribution is 7.94. The molecule has 0 radical (unpaired) electrons. The van der Waals surface area contributed by atoms with Gasteiger partial charge in [-0.1, -0.05) is 31.0 Å². The highest BCUT2D eigenvalue weighted by Gasteiger charge is 2.31. The van der Waals surface area contributed by atoms with E-state index in [1.54, 1.807) is 11.0 Å². The zero-order chi connectivity index (χ0) is 17.6. The number of rotatable bonds is 7. The van der Waals surface area contributed by atoms with Crippen molar-refractivity contribution >= 4 is 21.4 Å². The van der Waals surface area contributed by atoms with Crippen molar-refractivity contribution in [1.82, 2.24) is 4.90 Å². The number of carbonyl (C=O) groups excluding carboxylic acids is 1. The van der Waals surface area contributed by atoms with Gasteiger partial charge >= 0.3 is 0 Å². The molecular weight excluding hydrogens is 324 g/mol. The van der Waals surface area contributed by atoms with Crippen LogP contribution in [0.3, 0.4) is 0 Å². The molecule has 2 rings (SSSR count). The predicted octanol–water partition coefficient (Wildman–Crippen LogP) is 1.68. The third kappa shape index (κ3) is 4.70. The maximum atomic E-state index is 12.8. The summed E-state index contributed by atoms with van der Waals surface area (Å²) in [6, 6.07) is 8.69. The number of hydrogen-bond acceptors (Lipinski definition) is 4. The lowest BCUT2D eigenvalue weighted by atomic mass is 10.2. The number of amides is 1. The molecular formula is C18H22N2O3S. The van der Waals surface area contributed by atoms with Crippen LogP contribution < -0.4 is 4.90 Å². The molecule has 1 aromatic carbocycles. The number of sulfone groups is 1. The van der Waals surface area contributed by atoms with E-state index in [4.69, 9.17) is 6.42 Å². The van der Waals surface area contributed by atoms with Crippen LogP contribution in [0.25, 0.3) is 0 Å². The molecule has 0 saturated carbocycles. The summed E-state index contributed by atoms with van der Waals surface area (Å²) in [5, 5.41) is 1.19. The first-order chi connectivity index (χ1) is 11.5. The van der Waals surface area contributed by atoms with Gasteiger partial charge in [0.15, 0.2) is 9.84 Å². The van der Waals surface area contributed by atoms with E-state index in [0.29, 0.717) is 18.8 Å². The van der Waals surface area contributed by atoms with Crippen molar-refractivity contribution in [2.24, 2.45) is 0 Å². The molecule has 1 heterocycles. The van der Waals surface area contributed by atoms with Crippen LogP contribution in [0, 0.1) is 12.3 Å². The van der Waals surface area contributed by atoms with Gasteiger partial charge in [0.1, 0.15) is 0 Å². The van der Waals surface area contributed by atoms with E-state index in [2.05, 4.69) is 5.92 Å². The first kappa shape index (κ1) is 18.2. The molecule has 0 fully saturated rings. The first-order valence-corrected chi connectivity index (χ1v) is 9.62. The molecule has 0 aliphatic carbocycles. The lowest BCUT2D eigenvalue weighted by Gasteiger charge is -2.28. The highest BCUT2D eigenvalue weighted by Crippen LogP contribution is 2.23. The van der Waals surface area contributed by atoms with Crippen LogP contribution in [0.4, 0.5) is 5.69 Å². The van der Waals surface area contributed by atoms with Crippen LogP contribution in [-0.4, -0.2) is 50.7 Å². The molecule has 6 heteroatoms. The summed E-state index contributed by atoms with van der Waals surface area (Å²) >= 11 is 0. The Morgan fingerprint density at radius 2 is 2.04 bits per heavy atom. The Bertz CT molecular complexity index is 735. The van der Waals surface area contributed by atoms with Crippen LogP contribution >= 0.6 is 0 Å². The zero-order valence-electron chi connectivity index (χ0n) is 13.8. The maximum Gasteiger partial charge on any atom is 0.228 e. The second kappa shape index (κ2) is 8.13. The number of benzene rings is 1. The highest BCUT2D eigenvalue weighted by atomic mass is 32.2. The van der Waals surface area contributed by atoms with E-state index in [9.17, 15) is 13.2 Å². The van der Waals surface area contributed by atoms with Crippen molar-refractivity contribution < 1.29 is 13.2 Å². The second-order valence-corrected chi connectivity index (χ2v) is 7.58. The Labute approximate surface area is 143 Å². The summed E-state index contributed by atoms with van der Waals surface area (Å²) < 4.78 is 23.5. The molecule has 0 bridgehead atoms. The van der Waals surface area contributed by atoms with E-state index in [1.165, 1.54) is 5.41 Å². The largest absolute Gasteiger partial charge is 0.304 e. The third-order valence-corrected chi connectivity index (χ3v) is 5.33. The number of hydrogen-bond donors (Lipinski definition) is 0. The number of para-hydroxylation sites is 1. The average molecular weight is 346 g/mol. The van der Waals surface area contributed by atoms with E-state index in [1.807, 2.05) is 42.2 Å². The van der Waals surface area contributed by atoms with Gasteiger partial charge < -0.3 is 4.90 Å². The molecule has 1 aromatic rings. The fraction of sp³-hybridized carbons (Fsp3) is 0.389. The van der Waals surface area contributed by atoms with Gasteiger partial charge in [-0.3, -0.25) is 9.69 Å². The monoisotopic (exact) mass is 346 g/mol. The van der Waals surface area contributed by atoms with Crippen LogP contribution in [-0.2, 0) is 14.6 Å². The summed E-state index contributed by atoms with van der Waals surface area (Å²) in [6.07, 6.45) is 7.20. The van der Waals surface area contributed by atoms with E-state index in [-0.39, 0.29) is 18.1 Å². The molecule has 1 amide bonds. The van der Waals surface area contributed by atoms with Gasteiger partial charge in [-0.25, -0.2) is 8.42 Å². The Kier molecular flexibility index (Phi) is 6.18. The van der Waals surface area contributed by atoms with Gasteiger partial charge in [-0.2, -0.15) is 0 Å². The number of terminal acetylenes is 1. The first-order valence-electron chi connectivity index (χ1n) is 7.90. The molecule has 24 heavy (non-hydrogen) atoms. The average Bonchev–Trinajstić information content (AvgIpc) is 2.92. The van der Waals surface area contributed by atoms with Crippen LogP contribution in [0.2, 0.25) is 0 Å². The molecule has 1 aliphatic heterocycles. The lowest BCUT2D eigenvalue weighted by molar-refractivity contribution is -0.119. The number of carbonyl (C=O) groups is 1. The molecule has 0 saturated heterocycles. The molecule has 128 valence electrons. The normalized spacial score (nSPS) is 18.5. The lowest BCUT2D eigenvalue weighted by Crippen LogP contribution is -2.42. The summed E-state index contributed by atoms with van der Waals surface area (Å²) in [6.45, 7) is 3.79. The standard InChI is InChI=1S/C18H22N2O3S/c1-3-12-19(4-2)13-10-18(21)20(16-8-6-5-7-9-16)17-11-14-24(22,23)15-17/h1,5-9,11,14,17H,4,10,12-13,15H2,2H3/t17-/m0/s1. The van der Waals surface area contributed by atoms with Crippen molar-refractivity contribution in [3.63, 3.8) is 0 Å². The number of anilines is 1. The van der Waals surface area contributed by atoms with Crippen molar-refractivity contribution in [3.05, 3.63) is 41.8 Å². The number of nitrogens with zero attached hydrogens (tertiary/aromatic N) is 2. The van der Waals surface area contributed by atoms with Crippen LogP contribution in [0.1, 0.15) is 13.3 Å². The summed E-state index contributed by atoms with van der Waals surface area (Å²) in [7, 11) is -3.24. The van der Waals surface area contributed by atoms with E-state index >= 15 is 0 Å². The molecule has 0 unspecified atom stereocenters. The Balaban J connectivity index is 2.16. The SMILES string of the molecule is C#CCN(CC)CCC(=O)N(c1ccccc1)[C@H]1C=CS(=O)(=O)C1. The summed E-state index contributed by atoms with van der Waals surface area (Å²) in [4.78, 5) is 16.4.